The van der Waals surface area contributed by atoms with Gasteiger partial charge in [0.1, 0.15) is 0 Å². The van der Waals surface area contributed by atoms with Gasteiger partial charge in [-0.3, -0.25) is 0 Å². The second-order valence-corrected chi connectivity index (χ2v) is 10.1. The molecule has 1 heterocycles. The van der Waals surface area contributed by atoms with Gasteiger partial charge < -0.3 is 10.9 Å². The molecule has 2 fully saturated rings. The first-order valence-electron chi connectivity index (χ1n) is 12.2. The van der Waals surface area contributed by atoms with E-state index >= 15 is 0 Å². The Labute approximate surface area is 178 Å². The summed E-state index contributed by atoms with van der Waals surface area (Å²) in [5.74, 6) is 1.09. The number of hydrazine groups is 1. The minimum Gasteiger partial charge on any atom is -0.301 e. The van der Waals surface area contributed by atoms with E-state index < -0.39 is 0 Å². The van der Waals surface area contributed by atoms with E-state index in [2.05, 4.69) is 54.2 Å². The summed E-state index contributed by atoms with van der Waals surface area (Å²) in [6, 6.07) is 8.45. The van der Waals surface area contributed by atoms with E-state index in [1.165, 1.54) is 93.2 Å². The van der Waals surface area contributed by atoms with Gasteiger partial charge in [0.05, 0.1) is 11.4 Å². The number of hydrogen-bond acceptors (Lipinski definition) is 2. The van der Waals surface area contributed by atoms with Gasteiger partial charge in [-0.05, 0) is 60.6 Å². The van der Waals surface area contributed by atoms with Crippen LogP contribution < -0.4 is 10.9 Å². The molecule has 1 aromatic carbocycles. The van der Waals surface area contributed by atoms with Crippen molar-refractivity contribution in [2.45, 2.75) is 96.8 Å². The monoisotopic (exact) mass is 392 g/mol. The van der Waals surface area contributed by atoms with Gasteiger partial charge in [0.25, 0.3) is 0 Å². The summed E-state index contributed by atoms with van der Waals surface area (Å²) in [5, 5.41) is 0. The lowest BCUT2D eigenvalue weighted by molar-refractivity contribution is 0.146. The maximum Gasteiger partial charge on any atom is 0.0575 e. The quantitative estimate of drug-likeness (QED) is 0.539. The first-order valence-corrected chi connectivity index (χ1v) is 12.2. The molecule has 5 rings (SSSR count). The number of nitrogens with one attached hydrogen (secondary N) is 2. The van der Waals surface area contributed by atoms with Gasteiger partial charge in [-0.25, -0.2) is 0 Å². The number of fused-ring (bicyclic) bond motifs is 2. The fourth-order valence-electron chi connectivity index (χ4n) is 5.86. The molecule has 158 valence electrons. The molecule has 2 heteroatoms. The third-order valence-corrected chi connectivity index (χ3v) is 7.55. The van der Waals surface area contributed by atoms with Gasteiger partial charge in [0, 0.05) is 6.42 Å². The van der Waals surface area contributed by atoms with Gasteiger partial charge >= 0.3 is 0 Å². The molecule has 0 amide bonds. The van der Waals surface area contributed by atoms with Crippen LogP contribution in [0.25, 0.3) is 0 Å². The van der Waals surface area contributed by atoms with Crippen molar-refractivity contribution >= 4 is 5.69 Å². The van der Waals surface area contributed by atoms with Crippen molar-refractivity contribution in [1.82, 2.24) is 5.43 Å². The molecule has 0 atom stereocenters. The first-order chi connectivity index (χ1) is 14.2. The molecule has 2 nitrogen and oxygen atoms in total. The van der Waals surface area contributed by atoms with E-state index in [-0.39, 0.29) is 0 Å². The number of hydrogen-bond donors (Lipinski definition) is 2. The predicted octanol–water partition coefficient (Wildman–Crippen LogP) is 7.69. The zero-order chi connectivity index (χ0) is 19.9. The van der Waals surface area contributed by atoms with Crippen LogP contribution in [0.1, 0.15) is 96.0 Å². The largest absolute Gasteiger partial charge is 0.301 e. The van der Waals surface area contributed by atoms with Crippen molar-refractivity contribution in [3.63, 3.8) is 0 Å². The third kappa shape index (κ3) is 5.68. The van der Waals surface area contributed by atoms with Crippen LogP contribution in [0.3, 0.4) is 0 Å². The van der Waals surface area contributed by atoms with Crippen LogP contribution in [0.5, 0.6) is 0 Å². The van der Waals surface area contributed by atoms with Crippen LogP contribution in [0.15, 0.2) is 47.7 Å². The Balaban J connectivity index is 0.000000142. The molecule has 1 aliphatic heterocycles. The summed E-state index contributed by atoms with van der Waals surface area (Å²) in [4.78, 5) is 0. The second-order valence-electron chi connectivity index (χ2n) is 10.1. The van der Waals surface area contributed by atoms with Crippen LogP contribution >= 0.6 is 0 Å². The molecule has 2 N–H and O–H groups in total. The number of benzene rings is 1. The molecular weight excluding hydrogens is 352 g/mol. The summed E-state index contributed by atoms with van der Waals surface area (Å²) >= 11 is 0. The lowest BCUT2D eigenvalue weighted by atomic mass is 9.68. The summed E-state index contributed by atoms with van der Waals surface area (Å²) in [6.45, 7) is 2.56. The van der Waals surface area contributed by atoms with Crippen LogP contribution in [-0.2, 0) is 6.42 Å². The SMILES string of the molecule is C1=C2Cc3ccccc3NNC2=CCC1.CC1(CC2CCCCC2)CCCCC1. The third-order valence-electron chi connectivity index (χ3n) is 7.55. The van der Waals surface area contributed by atoms with E-state index in [4.69, 9.17) is 0 Å². The van der Waals surface area contributed by atoms with E-state index in [1.807, 2.05) is 0 Å². The molecule has 0 spiro atoms. The standard InChI is InChI=1S/C14H26.C13H14N2/c1-14(10-6-3-7-11-14)12-13-8-4-2-5-9-13;1-3-7-12-10(5-1)9-11-6-2-4-8-13(11)15-14-12/h13H,2-12H2,1H3;1,3,5-8,14-15H,2,4,9H2. The van der Waals surface area contributed by atoms with E-state index in [0.717, 1.165) is 24.2 Å². The van der Waals surface area contributed by atoms with Gasteiger partial charge in [-0.1, -0.05) is 88.6 Å². The second kappa shape index (κ2) is 9.87. The molecule has 3 aliphatic carbocycles. The molecule has 0 bridgehead atoms. The molecule has 29 heavy (non-hydrogen) atoms. The topological polar surface area (TPSA) is 24.1 Å². The van der Waals surface area contributed by atoms with Crippen molar-refractivity contribution < 1.29 is 0 Å². The summed E-state index contributed by atoms with van der Waals surface area (Å²) < 4.78 is 0. The molecule has 0 unspecified atom stereocenters. The minimum absolute atomic E-state index is 0.736. The Kier molecular flexibility index (Phi) is 7.00. The lowest BCUT2D eigenvalue weighted by Gasteiger charge is -2.37. The number of anilines is 1. The maximum atomic E-state index is 3.28. The van der Waals surface area contributed by atoms with Crippen molar-refractivity contribution in [3.05, 3.63) is 53.3 Å². The van der Waals surface area contributed by atoms with E-state index in [1.54, 1.807) is 6.42 Å². The fourth-order valence-corrected chi connectivity index (χ4v) is 5.86. The van der Waals surface area contributed by atoms with Crippen LogP contribution in [0, 0.1) is 11.3 Å². The smallest absolute Gasteiger partial charge is 0.0575 e. The van der Waals surface area contributed by atoms with Crippen molar-refractivity contribution in [2.75, 3.05) is 5.43 Å². The zero-order valence-electron chi connectivity index (χ0n) is 18.4. The number of allylic oxidation sites excluding steroid dienone is 3. The Hall–Kier alpha value is -1.70. The summed E-state index contributed by atoms with van der Waals surface area (Å²) in [5.41, 5.74) is 12.5. The zero-order valence-corrected chi connectivity index (χ0v) is 18.4. The highest BCUT2D eigenvalue weighted by Gasteiger charge is 2.30. The fraction of sp³-hybridized carbons (Fsp3) is 0.630. The van der Waals surface area contributed by atoms with Crippen LogP contribution in [0.4, 0.5) is 5.69 Å². The van der Waals surface area contributed by atoms with Gasteiger partial charge in [0.15, 0.2) is 0 Å². The molecule has 2 saturated carbocycles. The highest BCUT2D eigenvalue weighted by atomic mass is 15.4. The molecule has 0 saturated heterocycles. The highest BCUT2D eigenvalue weighted by molar-refractivity contribution is 5.56. The summed E-state index contributed by atoms with van der Waals surface area (Å²) in [7, 11) is 0. The predicted molar refractivity (Wildman–Crippen MR) is 125 cm³/mol. The van der Waals surface area contributed by atoms with Crippen LogP contribution in [-0.4, -0.2) is 0 Å². The van der Waals surface area contributed by atoms with Gasteiger partial charge in [-0.2, -0.15) is 0 Å². The number of rotatable bonds is 2. The van der Waals surface area contributed by atoms with E-state index in [9.17, 15) is 0 Å². The van der Waals surface area contributed by atoms with Crippen molar-refractivity contribution in [2.24, 2.45) is 11.3 Å². The van der Waals surface area contributed by atoms with Gasteiger partial charge in [-0.15, -0.1) is 0 Å². The molecular formula is C27H40N2. The molecule has 4 aliphatic rings. The molecule has 0 radical (unpaired) electrons. The lowest BCUT2D eigenvalue weighted by Crippen LogP contribution is -2.24. The Morgan fingerprint density at radius 2 is 1.59 bits per heavy atom. The normalized spacial score (nSPS) is 23.5. The number of para-hydroxylation sites is 1. The minimum atomic E-state index is 0.736. The maximum absolute atomic E-state index is 3.28. The van der Waals surface area contributed by atoms with Crippen molar-refractivity contribution in [3.8, 4) is 0 Å². The first kappa shape index (κ1) is 20.6. The van der Waals surface area contributed by atoms with Gasteiger partial charge in [0.2, 0.25) is 0 Å². The van der Waals surface area contributed by atoms with E-state index in [0.29, 0.717) is 0 Å². The Morgan fingerprint density at radius 1 is 0.862 bits per heavy atom. The van der Waals surface area contributed by atoms with Crippen molar-refractivity contribution in [1.29, 1.82) is 0 Å². The highest BCUT2D eigenvalue weighted by Crippen LogP contribution is 2.43. The average molecular weight is 393 g/mol. The Bertz CT molecular complexity index is 718. The average Bonchev–Trinajstić information content (AvgIpc) is 2.94. The summed E-state index contributed by atoms with van der Waals surface area (Å²) in [6.07, 6.45) is 24.7. The molecule has 0 aromatic heterocycles. The Morgan fingerprint density at radius 3 is 2.41 bits per heavy atom. The van der Waals surface area contributed by atoms with Crippen LogP contribution in [0.2, 0.25) is 0 Å². The molecule has 1 aromatic rings.